The van der Waals surface area contributed by atoms with Crippen LogP contribution in [0.25, 0.3) is 28.3 Å². The van der Waals surface area contributed by atoms with Gasteiger partial charge in [0, 0.05) is 29.5 Å². The minimum atomic E-state index is -1.47. The van der Waals surface area contributed by atoms with Gasteiger partial charge in [0.1, 0.15) is 41.3 Å². The number of benzene rings is 2. The molecule has 0 unspecified atom stereocenters. The highest BCUT2D eigenvalue weighted by molar-refractivity contribution is 5.77. The van der Waals surface area contributed by atoms with Crippen molar-refractivity contribution < 1.29 is 36.2 Å². The maximum Gasteiger partial charge on any atom is 0.509 e. The first-order valence-electron chi connectivity index (χ1n) is 10.2. The summed E-state index contributed by atoms with van der Waals surface area (Å²) in [7, 11) is 0. The number of oxazole rings is 1. The predicted molar refractivity (Wildman–Crippen MR) is 113 cm³/mol. The van der Waals surface area contributed by atoms with E-state index in [0.29, 0.717) is 6.07 Å². The van der Waals surface area contributed by atoms with E-state index in [9.17, 15) is 27.2 Å². The Balaban J connectivity index is 1.74. The summed E-state index contributed by atoms with van der Waals surface area (Å²) < 4.78 is 73.6. The van der Waals surface area contributed by atoms with Crippen LogP contribution in [0.1, 0.15) is 12.8 Å². The molecule has 0 amide bonds. The smallest absolute Gasteiger partial charge is 0.436 e. The summed E-state index contributed by atoms with van der Waals surface area (Å²) in [5, 5.41) is 0. The van der Waals surface area contributed by atoms with Crippen molar-refractivity contribution in [2.45, 2.75) is 12.5 Å². The van der Waals surface area contributed by atoms with Gasteiger partial charge in [-0.1, -0.05) is 6.07 Å². The van der Waals surface area contributed by atoms with Crippen molar-refractivity contribution >= 4 is 6.16 Å². The summed E-state index contributed by atoms with van der Waals surface area (Å²) >= 11 is 0. The Bertz CT molecular complexity index is 1530. The van der Waals surface area contributed by atoms with Gasteiger partial charge in [0.05, 0.1) is 0 Å². The minimum absolute atomic E-state index is 0.0820. The lowest BCUT2D eigenvalue weighted by Gasteiger charge is -2.14. The van der Waals surface area contributed by atoms with Crippen LogP contribution in [-0.2, 0) is 15.1 Å². The van der Waals surface area contributed by atoms with Gasteiger partial charge in [0.25, 0.3) is 5.56 Å². The first-order chi connectivity index (χ1) is 16.7. The molecule has 0 bridgehead atoms. The lowest BCUT2D eigenvalue weighted by molar-refractivity contribution is 0.0479. The van der Waals surface area contributed by atoms with E-state index in [1.807, 2.05) is 0 Å². The van der Waals surface area contributed by atoms with Crippen LogP contribution in [0.3, 0.4) is 0 Å². The number of pyridine rings is 1. The van der Waals surface area contributed by atoms with E-state index >= 15 is 0 Å². The van der Waals surface area contributed by atoms with Crippen LogP contribution in [-0.4, -0.2) is 22.3 Å². The summed E-state index contributed by atoms with van der Waals surface area (Å²) in [5.41, 5.74) is -3.05. The zero-order valence-corrected chi connectivity index (χ0v) is 17.9. The Morgan fingerprint density at radius 2 is 1.71 bits per heavy atom. The highest BCUT2D eigenvalue weighted by Crippen LogP contribution is 2.39. The molecule has 4 aromatic rings. The Morgan fingerprint density at radius 3 is 2.37 bits per heavy atom. The summed E-state index contributed by atoms with van der Waals surface area (Å²) in [4.78, 5) is 28.3. The van der Waals surface area contributed by atoms with Gasteiger partial charge in [-0.25, -0.2) is 27.3 Å². The molecule has 0 saturated carbocycles. The number of ether oxygens (including phenoxy) is 2. The summed E-state index contributed by atoms with van der Waals surface area (Å²) in [6, 6.07) is 8.21. The number of halogens is 4. The van der Waals surface area contributed by atoms with Gasteiger partial charge in [0.2, 0.25) is 11.5 Å². The second-order valence-electron chi connectivity index (χ2n) is 7.89. The molecule has 1 saturated heterocycles. The molecule has 11 heteroatoms. The van der Waals surface area contributed by atoms with E-state index in [2.05, 4.69) is 4.98 Å². The second-order valence-corrected chi connectivity index (χ2v) is 7.89. The van der Waals surface area contributed by atoms with Gasteiger partial charge in [-0.15, -0.1) is 0 Å². The van der Waals surface area contributed by atoms with E-state index < -0.39 is 46.3 Å². The maximum atomic E-state index is 14.7. The van der Waals surface area contributed by atoms with Crippen molar-refractivity contribution in [3.8, 4) is 28.3 Å². The first-order valence-corrected chi connectivity index (χ1v) is 10.2. The van der Waals surface area contributed by atoms with Crippen molar-refractivity contribution in [1.29, 1.82) is 0 Å². The minimum Gasteiger partial charge on any atom is -0.436 e. The molecule has 1 aliphatic rings. The third kappa shape index (κ3) is 3.84. The molecule has 0 radical (unpaired) electrons. The highest BCUT2D eigenvalue weighted by Gasteiger charge is 2.45. The molecular formula is C24H14F4N2O5. The summed E-state index contributed by atoms with van der Waals surface area (Å²) in [5.74, 6) is -4.08. The summed E-state index contributed by atoms with van der Waals surface area (Å²) in [6.45, 7) is 1.20. The number of carbonyl (C=O) groups excluding carboxylic acids is 1. The molecule has 0 aliphatic carbocycles. The average Bonchev–Trinajstić information content (AvgIpc) is 3.39. The average molecular weight is 486 g/mol. The zero-order chi connectivity index (χ0) is 24.9. The first kappa shape index (κ1) is 22.4. The van der Waals surface area contributed by atoms with Crippen molar-refractivity contribution in [1.82, 2.24) is 9.55 Å². The Morgan fingerprint density at radius 1 is 0.971 bits per heavy atom. The second kappa shape index (κ2) is 8.12. The largest absolute Gasteiger partial charge is 0.509 e. The monoisotopic (exact) mass is 486 g/mol. The predicted octanol–water partition coefficient (Wildman–Crippen LogP) is 5.10. The molecular weight excluding hydrogens is 472 g/mol. The maximum absolute atomic E-state index is 14.7. The van der Waals surface area contributed by atoms with Crippen LogP contribution in [0.2, 0.25) is 0 Å². The van der Waals surface area contributed by atoms with Crippen LogP contribution in [0.5, 0.6) is 0 Å². The normalized spacial score (nSPS) is 17.3. The van der Waals surface area contributed by atoms with Gasteiger partial charge < -0.3 is 13.9 Å². The number of aromatic nitrogens is 2. The van der Waals surface area contributed by atoms with E-state index in [0.717, 1.165) is 47.2 Å². The zero-order valence-electron chi connectivity index (χ0n) is 17.9. The number of rotatable bonds is 4. The quantitative estimate of drug-likeness (QED) is 0.295. The van der Waals surface area contributed by atoms with Crippen LogP contribution in [0.15, 0.2) is 63.9 Å². The molecule has 0 spiro atoms. The SMILES string of the molecule is C[C@@]1(c2nc(-c3ccc(F)cc3F)c(-c3ccc(=O)n(-c4c(F)cccc4F)c3)o2)COC(=O)O1. The molecule has 178 valence electrons. The molecule has 7 nitrogen and oxygen atoms in total. The van der Waals surface area contributed by atoms with Crippen molar-refractivity contribution in [2.24, 2.45) is 0 Å². The Hall–Kier alpha value is -4.41. The van der Waals surface area contributed by atoms with E-state index in [1.165, 1.54) is 13.0 Å². The third-order valence-electron chi connectivity index (χ3n) is 5.39. The van der Waals surface area contributed by atoms with Crippen molar-refractivity contribution in [2.75, 3.05) is 6.61 Å². The lowest BCUT2D eigenvalue weighted by atomic mass is 10.1. The topological polar surface area (TPSA) is 83.6 Å². The fourth-order valence-corrected chi connectivity index (χ4v) is 3.67. The number of hydrogen-bond donors (Lipinski definition) is 0. The number of cyclic esters (lactones) is 2. The molecule has 1 atom stereocenters. The molecule has 0 N–H and O–H groups in total. The molecule has 1 fully saturated rings. The van der Waals surface area contributed by atoms with Crippen molar-refractivity contribution in [3.63, 3.8) is 0 Å². The van der Waals surface area contributed by atoms with E-state index in [4.69, 9.17) is 13.9 Å². The Labute approximate surface area is 194 Å². The van der Waals surface area contributed by atoms with E-state index in [1.54, 1.807) is 0 Å². The molecule has 5 rings (SSSR count). The number of nitrogens with zero attached hydrogens (tertiary/aromatic N) is 2. The fourth-order valence-electron chi connectivity index (χ4n) is 3.67. The lowest BCUT2D eigenvalue weighted by Crippen LogP contribution is -2.24. The fraction of sp³-hybridized carbons (Fsp3) is 0.125. The van der Waals surface area contributed by atoms with Crippen LogP contribution >= 0.6 is 0 Å². The van der Waals surface area contributed by atoms with Gasteiger partial charge in [-0.2, -0.15) is 0 Å². The van der Waals surface area contributed by atoms with Crippen molar-refractivity contribution in [3.05, 3.63) is 94.2 Å². The standard InChI is InChI=1S/C24H14F4N2O5/c1-24(11-33-23(32)35-24)22-29-19(14-7-6-13(25)9-17(14)28)21(34-22)12-5-8-18(31)30(10-12)20-15(26)3-2-4-16(20)27/h2-10H,11H2,1H3/t24-/m0/s1. The van der Waals surface area contributed by atoms with Gasteiger partial charge in [0.15, 0.2) is 5.76 Å². The molecule has 2 aromatic carbocycles. The summed E-state index contributed by atoms with van der Waals surface area (Å²) in [6.07, 6.45) is 0.128. The van der Waals surface area contributed by atoms with Crippen LogP contribution < -0.4 is 5.56 Å². The molecule has 1 aliphatic heterocycles. The Kier molecular flexibility index (Phi) is 5.19. The molecule has 2 aromatic heterocycles. The highest BCUT2D eigenvalue weighted by atomic mass is 19.1. The number of para-hydroxylation sites is 1. The molecule has 3 heterocycles. The van der Waals surface area contributed by atoms with Crippen LogP contribution in [0.4, 0.5) is 22.4 Å². The van der Waals surface area contributed by atoms with Crippen LogP contribution in [0, 0.1) is 23.3 Å². The van der Waals surface area contributed by atoms with E-state index in [-0.39, 0.29) is 35.1 Å². The third-order valence-corrected chi connectivity index (χ3v) is 5.39. The molecule has 35 heavy (non-hydrogen) atoms. The van der Waals surface area contributed by atoms with Gasteiger partial charge >= 0.3 is 6.16 Å². The number of carbonyl (C=O) groups is 1. The van der Waals surface area contributed by atoms with Gasteiger partial charge in [-0.3, -0.25) is 9.36 Å². The van der Waals surface area contributed by atoms with Gasteiger partial charge in [-0.05, 0) is 37.3 Å². The number of hydrogen-bond acceptors (Lipinski definition) is 6.